The monoisotopic (exact) mass is 509 g/mol. The molecule has 1 aromatic heterocycles. The maximum Gasteiger partial charge on any atom is 0.142 e. The first-order chi connectivity index (χ1) is 16.3. The van der Waals surface area contributed by atoms with Crippen molar-refractivity contribution in [2.45, 2.75) is 31.6 Å². The highest BCUT2D eigenvalue weighted by Crippen LogP contribution is 2.29. The number of β-amino-alcohol motifs (C(OH)–C–C–N with tert-alkyl or cyclic N) is 1. The van der Waals surface area contributed by atoms with Crippen molar-refractivity contribution in [1.82, 2.24) is 19.7 Å². The van der Waals surface area contributed by atoms with Crippen molar-refractivity contribution in [3.05, 3.63) is 81.9 Å². The molecular weight excluding hydrogens is 487 g/mol. The van der Waals surface area contributed by atoms with Crippen LogP contribution in [0.1, 0.15) is 24.0 Å². The zero-order chi connectivity index (χ0) is 24.1. The van der Waals surface area contributed by atoms with E-state index in [0.29, 0.717) is 36.0 Å². The highest BCUT2D eigenvalue weighted by atomic mass is 35.5. The Morgan fingerprint density at radius 2 is 1.85 bits per heavy atom. The molecule has 0 saturated carbocycles. The molecule has 34 heavy (non-hydrogen) atoms. The number of benzene rings is 2. The molecule has 0 spiro atoms. The summed E-state index contributed by atoms with van der Waals surface area (Å²) in [6, 6.07) is 8.44. The molecule has 1 aliphatic rings. The summed E-state index contributed by atoms with van der Waals surface area (Å²) in [5.74, 6) is -1.51. The summed E-state index contributed by atoms with van der Waals surface area (Å²) < 4.78 is 29.5. The van der Waals surface area contributed by atoms with E-state index in [2.05, 4.69) is 15.2 Å². The molecule has 2 aromatic carbocycles. The second kappa shape index (κ2) is 10.8. The van der Waals surface area contributed by atoms with E-state index in [9.17, 15) is 13.9 Å². The first kappa shape index (κ1) is 24.5. The molecule has 7 nitrogen and oxygen atoms in total. The van der Waals surface area contributed by atoms with Crippen molar-refractivity contribution in [3.8, 4) is 0 Å². The lowest BCUT2D eigenvalue weighted by Crippen LogP contribution is -2.47. The van der Waals surface area contributed by atoms with E-state index in [1.165, 1.54) is 23.4 Å². The lowest BCUT2D eigenvalue weighted by molar-refractivity contribution is -0.0220. The van der Waals surface area contributed by atoms with Gasteiger partial charge in [0.2, 0.25) is 0 Å². The molecule has 4 rings (SSSR count). The minimum atomic E-state index is -1.63. The molecule has 0 bridgehead atoms. The van der Waals surface area contributed by atoms with Crippen molar-refractivity contribution in [2.75, 3.05) is 19.6 Å². The fourth-order valence-corrected chi connectivity index (χ4v) is 4.25. The van der Waals surface area contributed by atoms with Gasteiger partial charge in [-0.1, -0.05) is 40.5 Å². The van der Waals surface area contributed by atoms with E-state index in [1.54, 1.807) is 12.1 Å². The van der Waals surface area contributed by atoms with Gasteiger partial charge >= 0.3 is 0 Å². The summed E-state index contributed by atoms with van der Waals surface area (Å²) in [6.45, 7) is 1.56. The van der Waals surface area contributed by atoms with Crippen molar-refractivity contribution in [2.24, 2.45) is 5.16 Å². The average Bonchev–Trinajstić information content (AvgIpc) is 3.30. The lowest BCUT2D eigenvalue weighted by atomic mass is 9.91. The fraction of sp³-hybridized carbons (Fsp3) is 0.348. The van der Waals surface area contributed by atoms with Gasteiger partial charge in [-0.2, -0.15) is 5.10 Å². The Balaban J connectivity index is 1.38. The molecular formula is C23H23Cl2F2N5O2. The molecule has 180 valence electrons. The van der Waals surface area contributed by atoms with Gasteiger partial charge in [-0.05, 0) is 23.8 Å². The topological polar surface area (TPSA) is 75.8 Å². The number of hydrogen-bond acceptors (Lipinski definition) is 6. The fourth-order valence-electron chi connectivity index (χ4n) is 3.93. The Morgan fingerprint density at radius 3 is 2.53 bits per heavy atom. The number of halogens is 4. The molecule has 0 radical (unpaired) electrons. The molecule has 1 unspecified atom stereocenters. The van der Waals surface area contributed by atoms with Crippen LogP contribution in [0, 0.1) is 11.6 Å². The Hall–Kier alpha value is -2.59. The molecule has 1 fully saturated rings. The summed E-state index contributed by atoms with van der Waals surface area (Å²) in [7, 11) is 0. The molecule has 3 aromatic rings. The molecule has 2 heterocycles. The van der Waals surface area contributed by atoms with Gasteiger partial charge in [0.25, 0.3) is 0 Å². The van der Waals surface area contributed by atoms with Crippen LogP contribution < -0.4 is 0 Å². The van der Waals surface area contributed by atoms with Crippen LogP contribution in [0.2, 0.25) is 10.0 Å². The molecule has 0 aliphatic carbocycles. The second-order valence-electron chi connectivity index (χ2n) is 8.20. The van der Waals surface area contributed by atoms with Crippen molar-refractivity contribution >= 4 is 28.9 Å². The molecule has 1 aliphatic heterocycles. The van der Waals surface area contributed by atoms with E-state index in [0.717, 1.165) is 23.4 Å². The van der Waals surface area contributed by atoms with Crippen LogP contribution in [0.3, 0.4) is 0 Å². The Kier molecular flexibility index (Phi) is 7.77. The van der Waals surface area contributed by atoms with Gasteiger partial charge in [0, 0.05) is 44.1 Å². The van der Waals surface area contributed by atoms with Crippen LogP contribution in [0.15, 0.2) is 54.2 Å². The van der Waals surface area contributed by atoms with Crippen LogP contribution in [-0.4, -0.2) is 50.1 Å². The normalized spacial score (nSPS) is 16.3. The van der Waals surface area contributed by atoms with E-state index in [4.69, 9.17) is 28.0 Å². The van der Waals surface area contributed by atoms with E-state index >= 15 is 0 Å². The van der Waals surface area contributed by atoms with Gasteiger partial charge < -0.3 is 9.94 Å². The van der Waals surface area contributed by atoms with Crippen LogP contribution in [0.25, 0.3) is 0 Å². The number of aromatic nitrogens is 3. The van der Waals surface area contributed by atoms with E-state index < -0.39 is 17.2 Å². The number of rotatable bonds is 8. The number of nitrogens with zero attached hydrogens (tertiary/aromatic N) is 5. The third kappa shape index (κ3) is 6.09. The highest BCUT2D eigenvalue weighted by Gasteiger charge is 2.36. The third-order valence-electron chi connectivity index (χ3n) is 5.65. The molecule has 1 atom stereocenters. The maximum atomic E-state index is 14.6. The minimum absolute atomic E-state index is 0.00817. The predicted octanol–water partition coefficient (Wildman–Crippen LogP) is 4.42. The average molecular weight is 510 g/mol. The standard InChI is InChI=1S/C23H23Cl2F2N5O2/c24-20-4-1-16(9-21(20)25)11-34-30-18-5-7-31(8-6-18)12-23(33,13-32-15-28-14-29-32)19-3-2-17(26)10-22(19)27/h1-4,9-10,14-15,33H,5-8,11-13H2. The summed E-state index contributed by atoms with van der Waals surface area (Å²) >= 11 is 11.9. The number of hydrogen-bond donors (Lipinski definition) is 1. The molecule has 1 saturated heterocycles. The van der Waals surface area contributed by atoms with Gasteiger partial charge in [0.05, 0.1) is 22.3 Å². The highest BCUT2D eigenvalue weighted by molar-refractivity contribution is 6.42. The van der Waals surface area contributed by atoms with E-state index in [1.807, 2.05) is 11.0 Å². The van der Waals surface area contributed by atoms with Crippen LogP contribution in [-0.2, 0) is 23.6 Å². The summed E-state index contributed by atoms with van der Waals surface area (Å²) in [4.78, 5) is 11.4. The Morgan fingerprint density at radius 1 is 1.06 bits per heavy atom. The van der Waals surface area contributed by atoms with E-state index in [-0.39, 0.29) is 25.3 Å². The van der Waals surface area contributed by atoms with Gasteiger partial charge in [-0.3, -0.25) is 4.90 Å². The smallest absolute Gasteiger partial charge is 0.142 e. The van der Waals surface area contributed by atoms with Crippen LogP contribution in [0.4, 0.5) is 8.78 Å². The van der Waals surface area contributed by atoms with Crippen molar-refractivity contribution in [3.63, 3.8) is 0 Å². The molecule has 0 amide bonds. The third-order valence-corrected chi connectivity index (χ3v) is 6.39. The summed E-state index contributed by atoms with van der Waals surface area (Å²) in [6.07, 6.45) is 4.04. The Labute approximate surface area is 205 Å². The molecule has 1 N–H and O–H groups in total. The number of aliphatic hydroxyl groups is 1. The van der Waals surface area contributed by atoms with Gasteiger partial charge in [0.1, 0.15) is 36.5 Å². The maximum absolute atomic E-state index is 14.6. The minimum Gasteiger partial charge on any atom is -0.391 e. The lowest BCUT2D eigenvalue weighted by Gasteiger charge is -2.36. The predicted molar refractivity (Wildman–Crippen MR) is 125 cm³/mol. The second-order valence-corrected chi connectivity index (χ2v) is 9.02. The van der Waals surface area contributed by atoms with Gasteiger partial charge in [-0.25, -0.2) is 18.4 Å². The van der Waals surface area contributed by atoms with Crippen LogP contribution >= 0.6 is 23.2 Å². The first-order valence-electron chi connectivity index (χ1n) is 10.7. The van der Waals surface area contributed by atoms with Gasteiger partial charge in [-0.15, -0.1) is 0 Å². The van der Waals surface area contributed by atoms with Crippen molar-refractivity contribution in [1.29, 1.82) is 0 Å². The number of likely N-dealkylation sites (tertiary alicyclic amines) is 1. The molecule has 11 heteroatoms. The van der Waals surface area contributed by atoms with Crippen LogP contribution in [0.5, 0.6) is 0 Å². The first-order valence-corrected chi connectivity index (χ1v) is 11.4. The summed E-state index contributed by atoms with van der Waals surface area (Å²) in [5.41, 5.74) is 0.124. The largest absolute Gasteiger partial charge is 0.391 e. The van der Waals surface area contributed by atoms with Crippen molar-refractivity contribution < 1.29 is 18.7 Å². The Bertz CT molecular complexity index is 1150. The zero-order valence-electron chi connectivity index (χ0n) is 18.2. The quantitative estimate of drug-likeness (QED) is 0.455. The SMILES string of the molecule is OC(CN1CCC(=NOCc2ccc(Cl)c(Cl)c2)CC1)(Cn1cncn1)c1ccc(F)cc1F. The number of oxime groups is 1. The van der Waals surface area contributed by atoms with Gasteiger partial charge in [0.15, 0.2) is 0 Å². The number of piperidine rings is 1. The summed E-state index contributed by atoms with van der Waals surface area (Å²) in [5, 5.41) is 20.7. The zero-order valence-corrected chi connectivity index (χ0v) is 19.7.